The van der Waals surface area contributed by atoms with Crippen molar-refractivity contribution in [1.82, 2.24) is 5.32 Å². The van der Waals surface area contributed by atoms with Gasteiger partial charge in [-0.3, -0.25) is 4.79 Å². The average Bonchev–Trinajstić information content (AvgIpc) is 2.66. The van der Waals surface area contributed by atoms with Gasteiger partial charge in [0.2, 0.25) is 5.91 Å². The summed E-state index contributed by atoms with van der Waals surface area (Å²) in [5.41, 5.74) is 0.362. The van der Waals surface area contributed by atoms with Crippen LogP contribution in [0.5, 0.6) is 11.5 Å². The molecular weight excluding hydrogens is 370 g/mol. The number of carboxylic acids is 1. The number of hydrogen-bond acceptors (Lipinski definition) is 5. The number of carbonyl (C=O) groups excluding carboxylic acids is 2. The van der Waals surface area contributed by atoms with Crippen molar-refractivity contribution < 1.29 is 24.2 Å². The average molecular weight is 400 g/mol. The Bertz CT molecular complexity index is 754. The second-order valence-corrected chi connectivity index (χ2v) is 9.14. The molecular formula is C23H30NO5-. The summed E-state index contributed by atoms with van der Waals surface area (Å²) in [6, 6.07) is 4.65. The van der Waals surface area contributed by atoms with Crippen LogP contribution in [0.3, 0.4) is 0 Å². The minimum absolute atomic E-state index is 0.00991. The van der Waals surface area contributed by atoms with Crippen LogP contribution in [0.25, 0.3) is 0 Å². The third-order valence-corrected chi connectivity index (χ3v) is 7.09. The first-order chi connectivity index (χ1) is 13.9. The van der Waals surface area contributed by atoms with Crippen molar-refractivity contribution in [3.8, 4) is 11.5 Å². The summed E-state index contributed by atoms with van der Waals surface area (Å²) in [5.74, 6) is 1.89. The van der Waals surface area contributed by atoms with E-state index in [-0.39, 0.29) is 17.7 Å². The minimum atomic E-state index is -1.19. The van der Waals surface area contributed by atoms with Crippen LogP contribution in [-0.2, 0) is 9.59 Å². The van der Waals surface area contributed by atoms with Gasteiger partial charge in [-0.2, -0.15) is 0 Å². The summed E-state index contributed by atoms with van der Waals surface area (Å²) in [5, 5.41) is 14.5. The Morgan fingerprint density at radius 2 is 1.76 bits per heavy atom. The SMILES string of the molecule is CCOc1ccc([C@@H](CC(=O)[O-])NC(=O)C23CC4CC(CC(C4)C2)C3)cc1OC. The Hall–Kier alpha value is -2.24. The van der Waals surface area contributed by atoms with Gasteiger partial charge in [-0.15, -0.1) is 0 Å². The number of hydrogen-bond donors (Lipinski definition) is 1. The van der Waals surface area contributed by atoms with E-state index in [1.165, 1.54) is 19.3 Å². The summed E-state index contributed by atoms with van der Waals surface area (Å²) in [6.45, 7) is 2.39. The first-order valence-electron chi connectivity index (χ1n) is 10.7. The maximum absolute atomic E-state index is 13.4. The van der Waals surface area contributed by atoms with Crippen LogP contribution < -0.4 is 19.9 Å². The fourth-order valence-electron chi connectivity index (χ4n) is 6.29. The third-order valence-electron chi connectivity index (χ3n) is 7.09. The van der Waals surface area contributed by atoms with E-state index in [1.54, 1.807) is 25.3 Å². The zero-order valence-electron chi connectivity index (χ0n) is 17.2. The molecule has 0 heterocycles. The molecule has 0 aliphatic heterocycles. The second kappa shape index (κ2) is 7.88. The smallest absolute Gasteiger partial charge is 0.226 e. The zero-order valence-corrected chi connectivity index (χ0v) is 17.2. The highest BCUT2D eigenvalue weighted by Gasteiger charge is 2.54. The fourth-order valence-corrected chi connectivity index (χ4v) is 6.29. The summed E-state index contributed by atoms with van der Waals surface area (Å²) >= 11 is 0. The minimum Gasteiger partial charge on any atom is -0.550 e. The number of carboxylic acid groups (broad SMARTS) is 1. The number of benzene rings is 1. The number of methoxy groups -OCH3 is 1. The van der Waals surface area contributed by atoms with Gasteiger partial charge in [-0.1, -0.05) is 6.07 Å². The van der Waals surface area contributed by atoms with E-state index >= 15 is 0 Å². The van der Waals surface area contributed by atoms with Crippen molar-refractivity contribution in [2.45, 2.75) is 57.9 Å². The zero-order chi connectivity index (χ0) is 20.6. The molecule has 5 rings (SSSR count). The highest BCUT2D eigenvalue weighted by atomic mass is 16.5. The molecule has 0 saturated heterocycles. The predicted molar refractivity (Wildman–Crippen MR) is 105 cm³/mol. The van der Waals surface area contributed by atoms with Crippen molar-refractivity contribution in [3.63, 3.8) is 0 Å². The van der Waals surface area contributed by atoms with Crippen LogP contribution in [0.15, 0.2) is 18.2 Å². The van der Waals surface area contributed by atoms with Crippen molar-refractivity contribution in [2.75, 3.05) is 13.7 Å². The molecule has 4 bridgehead atoms. The van der Waals surface area contributed by atoms with Crippen LogP contribution >= 0.6 is 0 Å². The Kier molecular flexibility index (Phi) is 5.45. The largest absolute Gasteiger partial charge is 0.550 e. The maximum Gasteiger partial charge on any atom is 0.226 e. The topological polar surface area (TPSA) is 87.7 Å². The molecule has 0 spiro atoms. The molecule has 4 fully saturated rings. The van der Waals surface area contributed by atoms with E-state index in [9.17, 15) is 14.7 Å². The van der Waals surface area contributed by atoms with Gasteiger partial charge < -0.3 is 24.7 Å². The van der Waals surface area contributed by atoms with E-state index in [1.807, 2.05) is 6.92 Å². The van der Waals surface area contributed by atoms with Gasteiger partial charge in [0, 0.05) is 17.8 Å². The first kappa shape index (κ1) is 20.0. The summed E-state index contributed by atoms with van der Waals surface area (Å²) < 4.78 is 10.9. The third kappa shape index (κ3) is 3.94. The van der Waals surface area contributed by atoms with Gasteiger partial charge in [0.1, 0.15) is 0 Å². The molecule has 158 valence electrons. The highest BCUT2D eigenvalue weighted by molar-refractivity contribution is 5.84. The lowest BCUT2D eigenvalue weighted by Gasteiger charge is -2.55. The van der Waals surface area contributed by atoms with Gasteiger partial charge >= 0.3 is 0 Å². The monoisotopic (exact) mass is 400 g/mol. The number of ether oxygens (including phenoxy) is 2. The molecule has 1 atom stereocenters. The molecule has 4 aliphatic rings. The van der Waals surface area contributed by atoms with Crippen LogP contribution in [0, 0.1) is 23.2 Å². The Morgan fingerprint density at radius 3 is 2.28 bits per heavy atom. The van der Waals surface area contributed by atoms with E-state index in [0.717, 1.165) is 19.3 Å². The van der Waals surface area contributed by atoms with Gasteiger partial charge in [-0.05, 0) is 80.9 Å². The van der Waals surface area contributed by atoms with Gasteiger partial charge in [-0.25, -0.2) is 0 Å². The predicted octanol–water partition coefficient (Wildman–Crippen LogP) is 2.61. The maximum atomic E-state index is 13.4. The molecule has 6 heteroatoms. The van der Waals surface area contributed by atoms with E-state index in [0.29, 0.717) is 41.4 Å². The standard InChI is InChI=1S/C23H31NO5/c1-3-29-19-5-4-17(9-20(19)28-2)18(10-21(25)26)24-22(27)23-11-14-6-15(12-23)8-16(7-14)13-23/h4-5,9,14-16,18H,3,6-8,10-13H2,1-2H3,(H,24,27)(H,25,26)/p-1/t14?,15?,16?,18-,23?/m1/s1. The Labute approximate surface area is 172 Å². The van der Waals surface area contributed by atoms with Crippen molar-refractivity contribution in [3.05, 3.63) is 23.8 Å². The summed E-state index contributed by atoms with van der Waals surface area (Å²) in [7, 11) is 1.55. The number of aliphatic carboxylic acids is 1. The van der Waals surface area contributed by atoms with Gasteiger partial charge in [0.15, 0.2) is 11.5 Å². The molecule has 6 nitrogen and oxygen atoms in total. The fraction of sp³-hybridized carbons (Fsp3) is 0.652. The molecule has 0 aromatic heterocycles. The Balaban J connectivity index is 1.56. The van der Waals surface area contributed by atoms with Crippen LogP contribution in [0.4, 0.5) is 0 Å². The van der Waals surface area contributed by atoms with Crippen LogP contribution in [0.2, 0.25) is 0 Å². The summed E-state index contributed by atoms with van der Waals surface area (Å²) in [4.78, 5) is 24.8. The van der Waals surface area contributed by atoms with Gasteiger partial charge in [0.25, 0.3) is 0 Å². The van der Waals surface area contributed by atoms with Crippen LogP contribution in [-0.4, -0.2) is 25.6 Å². The Morgan fingerprint density at radius 1 is 1.14 bits per heavy atom. The summed E-state index contributed by atoms with van der Waals surface area (Å²) in [6.07, 6.45) is 6.32. The quantitative estimate of drug-likeness (QED) is 0.725. The van der Waals surface area contributed by atoms with E-state index in [4.69, 9.17) is 9.47 Å². The molecule has 0 radical (unpaired) electrons. The highest BCUT2D eigenvalue weighted by Crippen LogP contribution is 2.60. The first-order valence-corrected chi connectivity index (χ1v) is 10.7. The lowest BCUT2D eigenvalue weighted by Crippen LogP contribution is -2.54. The molecule has 29 heavy (non-hydrogen) atoms. The molecule has 4 aliphatic carbocycles. The molecule has 0 unspecified atom stereocenters. The molecule has 4 saturated carbocycles. The van der Waals surface area contributed by atoms with E-state index < -0.39 is 12.0 Å². The van der Waals surface area contributed by atoms with Crippen molar-refractivity contribution in [2.24, 2.45) is 23.2 Å². The number of carbonyl (C=O) groups is 2. The molecule has 1 aromatic rings. The number of rotatable bonds is 8. The molecule has 1 aromatic carbocycles. The number of nitrogens with one attached hydrogen (secondary N) is 1. The second-order valence-electron chi connectivity index (χ2n) is 9.14. The number of amides is 1. The normalized spacial score (nSPS) is 30.6. The van der Waals surface area contributed by atoms with Gasteiger partial charge in [0.05, 0.1) is 19.8 Å². The van der Waals surface area contributed by atoms with E-state index in [2.05, 4.69) is 5.32 Å². The lowest BCUT2D eigenvalue weighted by atomic mass is 9.49. The van der Waals surface area contributed by atoms with Crippen LogP contribution in [0.1, 0.15) is 63.5 Å². The van der Waals surface area contributed by atoms with Crippen molar-refractivity contribution in [1.29, 1.82) is 0 Å². The molecule has 1 N–H and O–H groups in total. The molecule has 1 amide bonds. The van der Waals surface area contributed by atoms with Crippen molar-refractivity contribution >= 4 is 11.9 Å². The lowest BCUT2D eigenvalue weighted by molar-refractivity contribution is -0.306.